The molecule has 1 heterocycles. The number of aliphatic imine (C=N–C) groups is 1. The van der Waals surface area contributed by atoms with Crippen molar-refractivity contribution in [3.8, 4) is 5.75 Å². The Bertz CT molecular complexity index is 622. The molecule has 7 heteroatoms. The Morgan fingerprint density at radius 2 is 1.88 bits per heavy atom. The number of phenols is 1. The van der Waals surface area contributed by atoms with Crippen molar-refractivity contribution in [2.24, 2.45) is 10.4 Å². The van der Waals surface area contributed by atoms with E-state index in [9.17, 15) is 9.90 Å². The Hall–Kier alpha value is -2.44. The van der Waals surface area contributed by atoms with Crippen LogP contribution in [0.4, 0.5) is 5.69 Å². The molecule has 0 aliphatic carbocycles. The van der Waals surface area contributed by atoms with Crippen LogP contribution in [0.15, 0.2) is 29.3 Å². The van der Waals surface area contributed by atoms with Gasteiger partial charge in [0.1, 0.15) is 5.75 Å². The molecule has 138 valence electrons. The van der Waals surface area contributed by atoms with Crippen molar-refractivity contribution in [1.82, 2.24) is 15.5 Å². The van der Waals surface area contributed by atoms with Crippen LogP contribution in [0, 0.1) is 5.41 Å². The number of hydrogen-bond donors (Lipinski definition) is 3. The van der Waals surface area contributed by atoms with Crippen molar-refractivity contribution < 1.29 is 9.90 Å². The first kappa shape index (κ1) is 18.9. The fourth-order valence-corrected chi connectivity index (χ4v) is 2.94. The van der Waals surface area contributed by atoms with Crippen LogP contribution >= 0.6 is 0 Å². The first-order chi connectivity index (χ1) is 11.9. The highest BCUT2D eigenvalue weighted by Gasteiger charge is 2.28. The largest absolute Gasteiger partial charge is 0.506 e. The molecule has 0 radical (unpaired) electrons. The third-order valence-electron chi connectivity index (χ3n) is 4.54. The molecule has 3 N–H and O–H groups in total. The number of guanidine groups is 1. The van der Waals surface area contributed by atoms with E-state index in [4.69, 9.17) is 0 Å². The first-order valence-electron chi connectivity index (χ1n) is 8.60. The number of piperazine rings is 1. The Morgan fingerprint density at radius 3 is 2.44 bits per heavy atom. The predicted octanol–water partition coefficient (Wildman–Crippen LogP) is 0.862. The third kappa shape index (κ3) is 4.55. The normalized spacial score (nSPS) is 15.9. The van der Waals surface area contributed by atoms with E-state index in [-0.39, 0.29) is 5.91 Å². The van der Waals surface area contributed by atoms with Crippen LogP contribution < -0.4 is 15.5 Å². The Balaban J connectivity index is 1.92. The topological polar surface area (TPSA) is 80.2 Å². The van der Waals surface area contributed by atoms with Gasteiger partial charge < -0.3 is 25.5 Å². The average Bonchev–Trinajstić information content (AvgIpc) is 2.62. The molecule has 0 atom stereocenters. The minimum absolute atomic E-state index is 0.000162. The quantitative estimate of drug-likeness (QED) is 0.556. The third-order valence-corrected chi connectivity index (χ3v) is 4.54. The lowest BCUT2D eigenvalue weighted by molar-refractivity contribution is -0.128. The van der Waals surface area contributed by atoms with Gasteiger partial charge in [-0.1, -0.05) is 12.1 Å². The van der Waals surface area contributed by atoms with E-state index in [2.05, 4.69) is 25.4 Å². The van der Waals surface area contributed by atoms with Crippen LogP contribution in [-0.2, 0) is 4.79 Å². The van der Waals surface area contributed by atoms with Crippen molar-refractivity contribution in [3.05, 3.63) is 24.3 Å². The number of phenolic OH excluding ortho intramolecular Hbond substituents is 1. The van der Waals surface area contributed by atoms with Crippen LogP contribution in [0.1, 0.15) is 13.8 Å². The highest BCUT2D eigenvalue weighted by Crippen LogP contribution is 2.27. The number of nitrogens with one attached hydrogen (secondary N) is 2. The van der Waals surface area contributed by atoms with Gasteiger partial charge in [-0.2, -0.15) is 0 Å². The number of hydrogen-bond acceptors (Lipinski definition) is 4. The second-order valence-corrected chi connectivity index (χ2v) is 6.83. The summed E-state index contributed by atoms with van der Waals surface area (Å²) in [7, 11) is 3.40. The Kier molecular flexibility index (Phi) is 6.12. The van der Waals surface area contributed by atoms with Crippen molar-refractivity contribution >= 4 is 17.6 Å². The van der Waals surface area contributed by atoms with Crippen molar-refractivity contribution in [3.63, 3.8) is 0 Å². The van der Waals surface area contributed by atoms with Gasteiger partial charge in [-0.15, -0.1) is 0 Å². The molecular formula is C18H29N5O2. The minimum Gasteiger partial charge on any atom is -0.506 e. The van der Waals surface area contributed by atoms with E-state index < -0.39 is 5.41 Å². The number of amides is 1. The van der Waals surface area contributed by atoms with Gasteiger partial charge in [0, 0.05) is 46.8 Å². The molecule has 0 bridgehead atoms. The summed E-state index contributed by atoms with van der Waals surface area (Å²) < 4.78 is 0. The molecule has 1 fully saturated rings. The van der Waals surface area contributed by atoms with Gasteiger partial charge in [0.25, 0.3) is 0 Å². The van der Waals surface area contributed by atoms with E-state index in [0.717, 1.165) is 37.8 Å². The highest BCUT2D eigenvalue weighted by atomic mass is 16.3. The molecule has 25 heavy (non-hydrogen) atoms. The summed E-state index contributed by atoms with van der Waals surface area (Å²) in [6, 6.07) is 7.41. The number of aromatic hydroxyl groups is 1. The molecule has 0 unspecified atom stereocenters. The summed E-state index contributed by atoms with van der Waals surface area (Å²) in [6.07, 6.45) is 0. The second kappa shape index (κ2) is 8.09. The lowest BCUT2D eigenvalue weighted by atomic mass is 9.92. The van der Waals surface area contributed by atoms with Gasteiger partial charge in [0.2, 0.25) is 5.91 Å². The Labute approximate surface area is 149 Å². The number of carbonyl (C=O) groups is 1. The van der Waals surface area contributed by atoms with E-state index in [1.165, 1.54) is 0 Å². The zero-order valence-corrected chi connectivity index (χ0v) is 15.5. The minimum atomic E-state index is -0.512. The van der Waals surface area contributed by atoms with Crippen molar-refractivity contribution in [2.75, 3.05) is 51.7 Å². The summed E-state index contributed by atoms with van der Waals surface area (Å²) in [4.78, 5) is 20.6. The van der Waals surface area contributed by atoms with Crippen LogP contribution in [0.5, 0.6) is 5.75 Å². The lowest BCUT2D eigenvalue weighted by Crippen LogP contribution is -2.54. The number of para-hydroxylation sites is 2. The zero-order chi connectivity index (χ0) is 18.4. The number of anilines is 1. The summed E-state index contributed by atoms with van der Waals surface area (Å²) in [6.45, 7) is 7.53. The molecule has 0 aromatic heterocycles. The first-order valence-corrected chi connectivity index (χ1v) is 8.60. The summed E-state index contributed by atoms with van der Waals surface area (Å²) >= 11 is 0. The van der Waals surface area contributed by atoms with E-state index in [0.29, 0.717) is 12.3 Å². The number of rotatable bonds is 4. The van der Waals surface area contributed by atoms with E-state index in [1.807, 2.05) is 32.0 Å². The maximum atomic E-state index is 11.9. The average molecular weight is 347 g/mol. The van der Waals surface area contributed by atoms with Crippen molar-refractivity contribution in [1.29, 1.82) is 0 Å². The second-order valence-electron chi connectivity index (χ2n) is 6.83. The lowest BCUT2D eigenvalue weighted by Gasteiger charge is -2.38. The van der Waals surface area contributed by atoms with E-state index >= 15 is 0 Å². The van der Waals surface area contributed by atoms with Gasteiger partial charge >= 0.3 is 0 Å². The number of nitrogens with zero attached hydrogens (tertiary/aromatic N) is 3. The summed E-state index contributed by atoms with van der Waals surface area (Å²) in [5.74, 6) is 1.11. The molecular weight excluding hydrogens is 318 g/mol. The maximum absolute atomic E-state index is 11.9. The van der Waals surface area contributed by atoms with Crippen LogP contribution in [-0.4, -0.2) is 68.7 Å². The van der Waals surface area contributed by atoms with Crippen molar-refractivity contribution in [2.45, 2.75) is 13.8 Å². The van der Waals surface area contributed by atoms with E-state index in [1.54, 1.807) is 20.2 Å². The SMILES string of the molecule is CN=C(NCC(C)(C)C(=O)NC)N1CCN(c2ccccc2O)CC1. The molecule has 7 nitrogen and oxygen atoms in total. The maximum Gasteiger partial charge on any atom is 0.227 e. The molecule has 1 aliphatic heterocycles. The van der Waals surface area contributed by atoms with Gasteiger partial charge in [0.15, 0.2) is 5.96 Å². The van der Waals surface area contributed by atoms with Gasteiger partial charge in [-0.25, -0.2) is 0 Å². The fourth-order valence-electron chi connectivity index (χ4n) is 2.94. The molecule has 1 aromatic rings. The predicted molar refractivity (Wildman–Crippen MR) is 101 cm³/mol. The summed E-state index contributed by atoms with van der Waals surface area (Å²) in [5, 5.41) is 16.0. The molecule has 0 saturated carbocycles. The molecule has 0 spiro atoms. The standard InChI is InChI=1S/C18H29N5O2/c1-18(2,16(25)19-3)13-21-17(20-4)23-11-9-22(10-12-23)14-7-5-6-8-15(14)24/h5-8,24H,9-13H2,1-4H3,(H,19,25)(H,20,21). The van der Waals surface area contributed by atoms with Crippen LogP contribution in [0.3, 0.4) is 0 Å². The summed E-state index contributed by atoms with van der Waals surface area (Å²) in [5.41, 5.74) is 0.355. The van der Waals surface area contributed by atoms with Gasteiger partial charge in [0.05, 0.1) is 11.1 Å². The Morgan fingerprint density at radius 1 is 1.24 bits per heavy atom. The molecule has 1 aromatic carbocycles. The molecule has 1 aliphatic rings. The molecule has 1 saturated heterocycles. The molecule has 2 rings (SSSR count). The van der Waals surface area contributed by atoms with Crippen LogP contribution in [0.25, 0.3) is 0 Å². The molecule has 1 amide bonds. The monoisotopic (exact) mass is 347 g/mol. The van der Waals surface area contributed by atoms with Gasteiger partial charge in [-0.05, 0) is 26.0 Å². The number of benzene rings is 1. The number of carbonyl (C=O) groups excluding carboxylic acids is 1. The fraction of sp³-hybridized carbons (Fsp3) is 0.556. The highest BCUT2D eigenvalue weighted by molar-refractivity contribution is 5.84. The zero-order valence-electron chi connectivity index (χ0n) is 15.5. The smallest absolute Gasteiger partial charge is 0.227 e. The van der Waals surface area contributed by atoms with Crippen LogP contribution in [0.2, 0.25) is 0 Å². The van der Waals surface area contributed by atoms with Gasteiger partial charge in [-0.3, -0.25) is 9.79 Å².